The summed E-state index contributed by atoms with van der Waals surface area (Å²) >= 11 is 0. The lowest BCUT2D eigenvalue weighted by atomic mass is 9.43. The van der Waals surface area contributed by atoms with Crippen molar-refractivity contribution in [2.45, 2.75) is 50.3 Å². The average molecular weight is 391 g/mol. The maximum absolute atomic E-state index is 13.3. The third-order valence-electron chi connectivity index (χ3n) is 7.39. The van der Waals surface area contributed by atoms with Crippen LogP contribution < -0.4 is 14.2 Å². The quantitative estimate of drug-likeness (QED) is 0.805. The lowest BCUT2D eigenvalue weighted by Crippen LogP contribution is -2.81. The van der Waals surface area contributed by atoms with Gasteiger partial charge in [-0.2, -0.15) is 0 Å². The highest BCUT2D eigenvalue weighted by molar-refractivity contribution is 5.84. The lowest BCUT2D eigenvalue weighted by Gasteiger charge is -2.73. The molecule has 29 heavy (non-hydrogen) atoms. The van der Waals surface area contributed by atoms with Gasteiger partial charge >= 0.3 is 0 Å². The van der Waals surface area contributed by atoms with E-state index in [4.69, 9.17) is 14.2 Å². The smallest absolute Gasteiger partial charge is 0.267 e. The molecule has 2 heterocycles. The fourth-order valence-electron chi connectivity index (χ4n) is 6.13. The molecule has 1 unspecified atom stereocenters. The molecule has 0 aromatic heterocycles. The number of benzene rings is 2. The van der Waals surface area contributed by atoms with E-state index < -0.39 is 6.10 Å². The molecule has 2 aromatic carbocycles. The van der Waals surface area contributed by atoms with Gasteiger partial charge in [-0.1, -0.05) is 25.1 Å². The summed E-state index contributed by atoms with van der Waals surface area (Å²) in [5.74, 6) is 2.93. The van der Waals surface area contributed by atoms with E-state index in [0.29, 0.717) is 30.1 Å². The molecule has 0 bridgehead atoms. The van der Waals surface area contributed by atoms with Crippen LogP contribution in [-0.2, 0) is 16.6 Å². The van der Waals surface area contributed by atoms with Gasteiger partial charge < -0.3 is 19.1 Å². The number of hydrogen-bond acceptors (Lipinski definition) is 4. The maximum Gasteiger partial charge on any atom is 0.267 e. The van der Waals surface area contributed by atoms with Crippen molar-refractivity contribution in [1.29, 1.82) is 0 Å². The van der Waals surface area contributed by atoms with E-state index in [9.17, 15) is 4.79 Å². The van der Waals surface area contributed by atoms with Crippen LogP contribution in [0.4, 0.5) is 0 Å². The van der Waals surface area contributed by atoms with Crippen molar-refractivity contribution in [2.24, 2.45) is 5.92 Å². The highest BCUT2D eigenvalue weighted by Gasteiger charge is 2.69. The number of amides is 1. The minimum atomic E-state index is -0.556. The Balaban J connectivity index is 1.25. The van der Waals surface area contributed by atoms with E-state index in [1.807, 2.05) is 31.2 Å². The third kappa shape index (κ3) is 2.24. The van der Waals surface area contributed by atoms with Crippen LogP contribution >= 0.6 is 0 Å². The Bertz CT molecular complexity index is 1000. The van der Waals surface area contributed by atoms with E-state index in [0.717, 1.165) is 18.6 Å². The minimum Gasteiger partial charge on any atom is -0.494 e. The Labute approximate surface area is 170 Å². The Morgan fingerprint density at radius 2 is 2.03 bits per heavy atom. The molecule has 1 saturated carbocycles. The van der Waals surface area contributed by atoms with Crippen molar-refractivity contribution in [3.63, 3.8) is 0 Å². The molecular formula is C24H25NO4. The molecule has 1 saturated heterocycles. The molecule has 0 N–H and O–H groups in total. The van der Waals surface area contributed by atoms with Crippen molar-refractivity contribution < 1.29 is 19.0 Å². The number of carbonyl (C=O) groups excluding carboxylic acids is 1. The number of nitrogens with zero attached hydrogens (tertiary/aromatic N) is 1. The summed E-state index contributed by atoms with van der Waals surface area (Å²) in [5.41, 5.74) is 2.90. The lowest BCUT2D eigenvalue weighted by molar-refractivity contribution is -0.201. The number of carbonyl (C=O) groups is 1. The minimum absolute atomic E-state index is 0.0715. The Hall–Kier alpha value is -2.69. The van der Waals surface area contributed by atoms with Crippen LogP contribution in [-0.4, -0.2) is 42.2 Å². The Kier molecular flexibility index (Phi) is 3.50. The van der Waals surface area contributed by atoms with Crippen molar-refractivity contribution in [2.75, 3.05) is 13.2 Å². The number of piperidine rings is 1. The normalized spacial score (nSPS) is 33.0. The molecule has 5 nitrogen and oxygen atoms in total. The van der Waals surface area contributed by atoms with E-state index in [1.54, 1.807) is 0 Å². The van der Waals surface area contributed by atoms with Crippen LogP contribution in [0.3, 0.4) is 0 Å². The second-order valence-electron chi connectivity index (χ2n) is 8.85. The van der Waals surface area contributed by atoms with Crippen LogP contribution in [0.5, 0.6) is 17.2 Å². The summed E-state index contributed by atoms with van der Waals surface area (Å²) < 4.78 is 17.5. The van der Waals surface area contributed by atoms with Gasteiger partial charge in [-0.05, 0) is 55.2 Å². The topological polar surface area (TPSA) is 48.0 Å². The summed E-state index contributed by atoms with van der Waals surface area (Å²) in [7, 11) is 0. The van der Waals surface area contributed by atoms with Crippen LogP contribution in [0.2, 0.25) is 0 Å². The van der Waals surface area contributed by atoms with Crippen LogP contribution in [0.15, 0.2) is 42.5 Å². The number of likely N-dealkylation sites (tertiary alicyclic amines) is 1. The molecule has 150 valence electrons. The Morgan fingerprint density at radius 3 is 2.86 bits per heavy atom. The first-order valence-corrected chi connectivity index (χ1v) is 10.6. The van der Waals surface area contributed by atoms with Gasteiger partial charge in [-0.25, -0.2) is 0 Å². The fraction of sp³-hybridized carbons (Fsp3) is 0.458. The van der Waals surface area contributed by atoms with E-state index in [1.165, 1.54) is 11.1 Å². The zero-order valence-corrected chi connectivity index (χ0v) is 16.8. The fourth-order valence-corrected chi connectivity index (χ4v) is 6.13. The Morgan fingerprint density at radius 1 is 1.21 bits per heavy atom. The van der Waals surface area contributed by atoms with Gasteiger partial charge in [0.2, 0.25) is 6.10 Å². The number of fused-ring (bicyclic) bond motifs is 3. The second kappa shape index (κ2) is 5.91. The van der Waals surface area contributed by atoms with E-state index in [-0.39, 0.29) is 24.0 Å². The zero-order chi connectivity index (χ0) is 19.8. The van der Waals surface area contributed by atoms with Crippen molar-refractivity contribution in [3.8, 4) is 17.2 Å². The predicted molar refractivity (Wildman–Crippen MR) is 108 cm³/mol. The highest BCUT2D eigenvalue weighted by atomic mass is 16.6. The maximum atomic E-state index is 13.3. The molecule has 4 aliphatic rings. The van der Waals surface area contributed by atoms with E-state index >= 15 is 0 Å². The van der Waals surface area contributed by atoms with Gasteiger partial charge in [-0.15, -0.1) is 0 Å². The monoisotopic (exact) mass is 391 g/mol. The summed E-state index contributed by atoms with van der Waals surface area (Å²) in [6.07, 6.45) is 1.36. The first kappa shape index (κ1) is 17.2. The summed E-state index contributed by atoms with van der Waals surface area (Å²) in [6, 6.07) is 14.6. The predicted octanol–water partition coefficient (Wildman–Crippen LogP) is 3.34. The standard InChI is InChI=1S/C24H25NO4/c1-3-27-15-9-8-14-10-17-22-18(12-24(22,2)16(14)11-15)25(17)23(26)21-13-28-19-6-4-5-7-20(19)29-21/h4-9,11,17-18,21-22H,3,10,12-13H2,1-2H3/t17-,18?,21+,22-,24+/m1/s1. The number of ether oxygens (including phenoxy) is 3. The molecule has 6 rings (SSSR count). The molecule has 5 atom stereocenters. The molecule has 2 aromatic rings. The molecule has 2 aliphatic carbocycles. The third-order valence-corrected chi connectivity index (χ3v) is 7.39. The molecule has 0 radical (unpaired) electrons. The van der Waals surface area contributed by atoms with Gasteiger partial charge in [0.1, 0.15) is 12.4 Å². The van der Waals surface area contributed by atoms with Gasteiger partial charge in [0.25, 0.3) is 5.91 Å². The number of rotatable bonds is 3. The molecule has 1 amide bonds. The van der Waals surface area contributed by atoms with Crippen LogP contribution in [0.1, 0.15) is 31.4 Å². The first-order chi connectivity index (χ1) is 14.1. The largest absolute Gasteiger partial charge is 0.494 e. The average Bonchev–Trinajstić information content (AvgIpc) is 2.72. The van der Waals surface area contributed by atoms with Gasteiger partial charge in [0, 0.05) is 23.4 Å². The second-order valence-corrected chi connectivity index (χ2v) is 8.85. The zero-order valence-electron chi connectivity index (χ0n) is 16.8. The molecule has 0 spiro atoms. The van der Waals surface area contributed by atoms with Crippen molar-refractivity contribution in [1.82, 2.24) is 4.90 Å². The first-order valence-electron chi connectivity index (χ1n) is 10.6. The summed E-state index contributed by atoms with van der Waals surface area (Å²) in [4.78, 5) is 15.4. The van der Waals surface area contributed by atoms with Crippen molar-refractivity contribution >= 4 is 5.91 Å². The van der Waals surface area contributed by atoms with Crippen molar-refractivity contribution in [3.05, 3.63) is 53.6 Å². The van der Waals surface area contributed by atoms with Gasteiger partial charge in [-0.3, -0.25) is 4.79 Å². The van der Waals surface area contributed by atoms with Crippen LogP contribution in [0, 0.1) is 5.92 Å². The molecular weight excluding hydrogens is 366 g/mol. The SMILES string of the molecule is CCOc1ccc2c(c1)[C@]1(C)CC3[C@H]1[C@@H](C2)N3C(=O)[C@@H]1COc2ccccc2O1. The number of para-hydroxylation sites is 2. The van der Waals surface area contributed by atoms with Gasteiger partial charge in [0.05, 0.1) is 6.61 Å². The summed E-state index contributed by atoms with van der Waals surface area (Å²) in [6.45, 7) is 5.33. The highest BCUT2D eigenvalue weighted by Crippen LogP contribution is 2.64. The molecule has 5 heteroatoms. The summed E-state index contributed by atoms with van der Waals surface area (Å²) in [5, 5.41) is 0. The van der Waals surface area contributed by atoms with Crippen LogP contribution in [0.25, 0.3) is 0 Å². The van der Waals surface area contributed by atoms with Gasteiger partial charge in [0.15, 0.2) is 11.5 Å². The molecule has 2 aliphatic heterocycles. The number of hydrogen-bond donors (Lipinski definition) is 0. The molecule has 2 fully saturated rings. The van der Waals surface area contributed by atoms with E-state index in [2.05, 4.69) is 30.0 Å².